The zero-order valence-corrected chi connectivity index (χ0v) is 8.92. The molecule has 0 atom stereocenters. The van der Waals surface area contributed by atoms with Crippen molar-refractivity contribution in [3.63, 3.8) is 0 Å². The molecule has 0 radical (unpaired) electrons. The second kappa shape index (κ2) is 5.35. The Kier molecular flexibility index (Phi) is 4.11. The van der Waals surface area contributed by atoms with Gasteiger partial charge in [0.1, 0.15) is 18.2 Å². The third kappa shape index (κ3) is 3.22. The van der Waals surface area contributed by atoms with E-state index < -0.39 is 29.0 Å². The summed E-state index contributed by atoms with van der Waals surface area (Å²) in [6, 6.07) is 1.31. The van der Waals surface area contributed by atoms with Crippen molar-refractivity contribution in [2.24, 2.45) is 5.73 Å². The van der Waals surface area contributed by atoms with E-state index in [2.05, 4.69) is 10.1 Å². The van der Waals surface area contributed by atoms with E-state index in [0.29, 0.717) is 6.07 Å². The monoisotopic (exact) mass is 244 g/mol. The molecule has 0 saturated carbocycles. The van der Waals surface area contributed by atoms with Gasteiger partial charge in [0.2, 0.25) is 5.91 Å². The maximum Gasteiger partial charge on any atom is 0.251 e. The molecule has 2 amide bonds. The molecule has 0 aliphatic heterocycles. The molecule has 5 nitrogen and oxygen atoms in total. The van der Waals surface area contributed by atoms with Crippen LogP contribution in [0.2, 0.25) is 0 Å². The number of methoxy groups -OCH3 is 1. The van der Waals surface area contributed by atoms with E-state index in [-0.39, 0.29) is 12.3 Å². The first kappa shape index (κ1) is 13.0. The molecule has 1 rings (SSSR count). The van der Waals surface area contributed by atoms with Crippen molar-refractivity contribution in [1.29, 1.82) is 0 Å². The third-order valence-electron chi connectivity index (χ3n) is 1.87. The molecule has 1 aromatic rings. The van der Waals surface area contributed by atoms with Gasteiger partial charge in [0.25, 0.3) is 5.91 Å². The number of ether oxygens (including phenoxy) is 1. The van der Waals surface area contributed by atoms with Gasteiger partial charge in [-0.1, -0.05) is 0 Å². The molecule has 0 aromatic heterocycles. The van der Waals surface area contributed by atoms with Gasteiger partial charge in [-0.05, 0) is 6.07 Å². The number of nitrogens with two attached hydrogens (primary N) is 1. The fraction of sp³-hybridized carbons (Fsp3) is 0.200. The van der Waals surface area contributed by atoms with Gasteiger partial charge < -0.3 is 15.8 Å². The Bertz CT molecular complexity index is 463. The summed E-state index contributed by atoms with van der Waals surface area (Å²) in [5.41, 5.74) is 4.05. The molecule has 92 valence electrons. The van der Waals surface area contributed by atoms with Crippen LogP contribution in [0.1, 0.15) is 10.4 Å². The van der Waals surface area contributed by atoms with Crippen LogP contribution in [0.15, 0.2) is 12.1 Å². The van der Waals surface area contributed by atoms with Crippen molar-refractivity contribution in [2.45, 2.75) is 0 Å². The van der Waals surface area contributed by atoms with Crippen molar-refractivity contribution in [2.75, 3.05) is 19.0 Å². The largest absolute Gasteiger partial charge is 0.375 e. The van der Waals surface area contributed by atoms with Gasteiger partial charge in [-0.3, -0.25) is 9.59 Å². The predicted molar refractivity (Wildman–Crippen MR) is 55.4 cm³/mol. The van der Waals surface area contributed by atoms with Gasteiger partial charge in [-0.2, -0.15) is 0 Å². The van der Waals surface area contributed by atoms with Crippen LogP contribution in [0, 0.1) is 11.6 Å². The maximum atomic E-state index is 13.2. The highest BCUT2D eigenvalue weighted by atomic mass is 19.1. The number of benzene rings is 1. The van der Waals surface area contributed by atoms with Crippen LogP contribution >= 0.6 is 0 Å². The minimum Gasteiger partial charge on any atom is -0.375 e. The topological polar surface area (TPSA) is 81.4 Å². The van der Waals surface area contributed by atoms with Gasteiger partial charge >= 0.3 is 0 Å². The standard InChI is InChI=1S/C10H10F2N2O3/c1-17-4-9(15)14-8-2-5(10(13)16)6(11)3-7(8)12/h2-3H,4H2,1H3,(H2,13,16)(H,14,15). The molecule has 0 unspecified atom stereocenters. The summed E-state index contributed by atoms with van der Waals surface area (Å²) in [5, 5.41) is 2.12. The SMILES string of the molecule is COCC(=O)Nc1cc(C(N)=O)c(F)cc1F. The summed E-state index contributed by atoms with van der Waals surface area (Å²) in [6.45, 7) is -0.289. The van der Waals surface area contributed by atoms with E-state index in [1.54, 1.807) is 0 Å². The van der Waals surface area contributed by atoms with Crippen molar-refractivity contribution < 1.29 is 23.1 Å². The summed E-state index contributed by atoms with van der Waals surface area (Å²) in [5.74, 6) is -3.77. The Hall–Kier alpha value is -2.02. The minimum atomic E-state index is -1.08. The summed E-state index contributed by atoms with van der Waals surface area (Å²) in [6.07, 6.45) is 0. The van der Waals surface area contributed by atoms with Crippen LogP contribution in [-0.4, -0.2) is 25.5 Å². The van der Waals surface area contributed by atoms with Crippen molar-refractivity contribution in [3.8, 4) is 0 Å². The fourth-order valence-corrected chi connectivity index (χ4v) is 1.15. The number of hydrogen-bond donors (Lipinski definition) is 2. The molecule has 0 aliphatic carbocycles. The molecule has 0 saturated heterocycles. The van der Waals surface area contributed by atoms with Crippen LogP contribution < -0.4 is 11.1 Å². The summed E-state index contributed by atoms with van der Waals surface area (Å²) < 4.78 is 30.9. The van der Waals surface area contributed by atoms with Crippen molar-refractivity contribution in [1.82, 2.24) is 0 Å². The number of nitrogens with one attached hydrogen (secondary N) is 1. The van der Waals surface area contributed by atoms with E-state index in [0.717, 1.165) is 6.07 Å². The van der Waals surface area contributed by atoms with Gasteiger partial charge in [0.05, 0.1) is 11.3 Å². The van der Waals surface area contributed by atoms with Crippen LogP contribution in [0.5, 0.6) is 0 Å². The molecule has 7 heteroatoms. The van der Waals surface area contributed by atoms with E-state index >= 15 is 0 Å². The fourth-order valence-electron chi connectivity index (χ4n) is 1.15. The number of carbonyl (C=O) groups excluding carboxylic acids is 2. The predicted octanol–water partition coefficient (Wildman–Crippen LogP) is 0.649. The average molecular weight is 244 g/mol. The number of halogens is 2. The molecular formula is C10H10F2N2O3. The molecular weight excluding hydrogens is 234 g/mol. The average Bonchev–Trinajstić information content (AvgIpc) is 2.21. The molecule has 0 aliphatic rings. The normalized spacial score (nSPS) is 10.1. The lowest BCUT2D eigenvalue weighted by Gasteiger charge is -2.07. The second-order valence-corrected chi connectivity index (χ2v) is 3.16. The van der Waals surface area contributed by atoms with Gasteiger partial charge in [-0.15, -0.1) is 0 Å². The third-order valence-corrected chi connectivity index (χ3v) is 1.87. The lowest BCUT2D eigenvalue weighted by atomic mass is 10.1. The van der Waals surface area contributed by atoms with Gasteiger partial charge in [-0.25, -0.2) is 8.78 Å². The lowest BCUT2D eigenvalue weighted by molar-refractivity contribution is -0.119. The summed E-state index contributed by atoms with van der Waals surface area (Å²) >= 11 is 0. The number of carbonyl (C=O) groups is 2. The number of rotatable bonds is 4. The molecule has 17 heavy (non-hydrogen) atoms. The number of anilines is 1. The van der Waals surface area contributed by atoms with Crippen molar-refractivity contribution in [3.05, 3.63) is 29.3 Å². The highest BCUT2D eigenvalue weighted by Crippen LogP contribution is 2.19. The summed E-state index contributed by atoms with van der Waals surface area (Å²) in [7, 11) is 1.29. The Labute approximate surface area is 95.5 Å². The van der Waals surface area contributed by atoms with E-state index in [9.17, 15) is 18.4 Å². The molecule has 0 heterocycles. The van der Waals surface area contributed by atoms with E-state index in [4.69, 9.17) is 5.73 Å². The van der Waals surface area contributed by atoms with Crippen LogP contribution in [0.3, 0.4) is 0 Å². The minimum absolute atomic E-state index is 0.289. The first-order chi connectivity index (χ1) is 7.95. The number of amides is 2. The molecule has 3 N–H and O–H groups in total. The Balaban J connectivity index is 3.03. The van der Waals surface area contributed by atoms with Gasteiger partial charge in [0.15, 0.2) is 0 Å². The maximum absolute atomic E-state index is 13.2. The van der Waals surface area contributed by atoms with E-state index in [1.807, 2.05) is 0 Å². The zero-order chi connectivity index (χ0) is 13.0. The molecule has 1 aromatic carbocycles. The van der Waals surface area contributed by atoms with Crippen molar-refractivity contribution >= 4 is 17.5 Å². The van der Waals surface area contributed by atoms with Crippen LogP contribution in [0.4, 0.5) is 14.5 Å². The Morgan fingerprint density at radius 1 is 1.35 bits per heavy atom. The highest BCUT2D eigenvalue weighted by Gasteiger charge is 2.15. The molecule has 0 spiro atoms. The summed E-state index contributed by atoms with van der Waals surface area (Å²) in [4.78, 5) is 21.9. The first-order valence-corrected chi connectivity index (χ1v) is 4.53. The van der Waals surface area contributed by atoms with Crippen LogP contribution in [-0.2, 0) is 9.53 Å². The smallest absolute Gasteiger partial charge is 0.251 e. The van der Waals surface area contributed by atoms with Gasteiger partial charge in [0, 0.05) is 13.2 Å². The van der Waals surface area contributed by atoms with Crippen LogP contribution in [0.25, 0.3) is 0 Å². The zero-order valence-electron chi connectivity index (χ0n) is 8.92. The number of hydrogen-bond acceptors (Lipinski definition) is 3. The Morgan fingerprint density at radius 2 is 2.00 bits per heavy atom. The van der Waals surface area contributed by atoms with E-state index in [1.165, 1.54) is 7.11 Å². The highest BCUT2D eigenvalue weighted by molar-refractivity contribution is 5.96. The first-order valence-electron chi connectivity index (χ1n) is 4.53. The second-order valence-electron chi connectivity index (χ2n) is 3.16. The Morgan fingerprint density at radius 3 is 2.53 bits per heavy atom. The molecule has 0 fully saturated rings. The molecule has 0 bridgehead atoms. The lowest BCUT2D eigenvalue weighted by Crippen LogP contribution is -2.20. The quantitative estimate of drug-likeness (QED) is 0.815. The number of primary amides is 1.